The maximum atomic E-state index is 12.0. The first kappa shape index (κ1) is 11.0. The topological polar surface area (TPSA) is 35.0 Å². The van der Waals surface area contributed by atoms with Crippen molar-refractivity contribution in [3.8, 4) is 5.88 Å². The molecule has 0 saturated carbocycles. The molecule has 6 heteroatoms. The van der Waals surface area contributed by atoms with Crippen LogP contribution in [0.15, 0.2) is 24.3 Å². The first-order valence-corrected chi connectivity index (χ1v) is 4.88. The summed E-state index contributed by atoms with van der Waals surface area (Å²) < 4.78 is 28.9. The van der Waals surface area contributed by atoms with E-state index < -0.39 is 13.0 Å². The van der Waals surface area contributed by atoms with Crippen LogP contribution >= 0.6 is 11.6 Å². The molecule has 1 aromatic carbocycles. The number of hydrogen-bond donors (Lipinski definition) is 0. The van der Waals surface area contributed by atoms with Gasteiger partial charge >= 0.3 is 0 Å². The fourth-order valence-corrected chi connectivity index (χ4v) is 1.50. The summed E-state index contributed by atoms with van der Waals surface area (Å²) in [4.78, 5) is 0. The van der Waals surface area contributed by atoms with Gasteiger partial charge in [0.15, 0.2) is 11.8 Å². The Morgan fingerprint density at radius 2 is 1.88 bits per heavy atom. The molecule has 0 radical (unpaired) electrons. The molecule has 0 fully saturated rings. The molecule has 0 aliphatic carbocycles. The van der Waals surface area contributed by atoms with Crippen molar-refractivity contribution in [3.05, 3.63) is 29.4 Å². The van der Waals surface area contributed by atoms with E-state index in [1.54, 1.807) is 24.3 Å². The third-order valence-corrected chi connectivity index (χ3v) is 2.23. The van der Waals surface area contributed by atoms with E-state index in [2.05, 4.69) is 10.2 Å². The van der Waals surface area contributed by atoms with Crippen LogP contribution in [0.1, 0.15) is 0 Å². The Balaban J connectivity index is 2.42. The average molecular weight is 245 g/mol. The van der Waals surface area contributed by atoms with Gasteiger partial charge in [0.2, 0.25) is 5.88 Å². The van der Waals surface area contributed by atoms with Gasteiger partial charge in [0.05, 0.1) is 0 Å². The van der Waals surface area contributed by atoms with Crippen LogP contribution in [0.4, 0.5) is 8.78 Å². The zero-order valence-corrected chi connectivity index (χ0v) is 8.79. The van der Waals surface area contributed by atoms with Crippen molar-refractivity contribution in [1.29, 1.82) is 0 Å². The molecule has 2 aromatic rings. The van der Waals surface area contributed by atoms with Gasteiger partial charge in [-0.2, -0.15) is 0 Å². The Kier molecular flexibility index (Phi) is 3.14. The van der Waals surface area contributed by atoms with Crippen LogP contribution in [-0.2, 0) is 0 Å². The Bertz CT molecular complexity index is 507. The van der Waals surface area contributed by atoms with Crippen molar-refractivity contribution < 1.29 is 13.5 Å². The monoisotopic (exact) mass is 244 g/mol. The maximum absolute atomic E-state index is 12.0. The molecule has 84 valence electrons. The van der Waals surface area contributed by atoms with Crippen molar-refractivity contribution in [2.24, 2.45) is 0 Å². The van der Waals surface area contributed by atoms with Gasteiger partial charge in [-0.1, -0.05) is 29.8 Å². The number of halogens is 3. The summed E-state index contributed by atoms with van der Waals surface area (Å²) in [6, 6.07) is 6.93. The van der Waals surface area contributed by atoms with Gasteiger partial charge in [-0.15, -0.1) is 10.2 Å². The van der Waals surface area contributed by atoms with Crippen molar-refractivity contribution in [1.82, 2.24) is 10.2 Å². The number of alkyl halides is 2. The normalized spacial score (nSPS) is 11.0. The predicted molar refractivity (Wildman–Crippen MR) is 56.0 cm³/mol. The number of fused-ring (bicyclic) bond motifs is 1. The highest BCUT2D eigenvalue weighted by Gasteiger charge is 2.10. The van der Waals surface area contributed by atoms with Crippen LogP contribution in [0.5, 0.6) is 5.88 Å². The van der Waals surface area contributed by atoms with Gasteiger partial charge in [-0.05, 0) is 6.07 Å². The second kappa shape index (κ2) is 4.57. The fourth-order valence-electron chi connectivity index (χ4n) is 1.30. The molecule has 0 unspecified atom stereocenters. The van der Waals surface area contributed by atoms with Gasteiger partial charge in [-0.3, -0.25) is 0 Å². The van der Waals surface area contributed by atoms with E-state index in [1.807, 2.05) is 0 Å². The van der Waals surface area contributed by atoms with E-state index in [-0.39, 0.29) is 11.0 Å². The summed E-state index contributed by atoms with van der Waals surface area (Å²) in [6.07, 6.45) is -2.55. The van der Waals surface area contributed by atoms with E-state index in [9.17, 15) is 8.78 Å². The molecule has 0 amide bonds. The van der Waals surface area contributed by atoms with Crippen LogP contribution in [0, 0.1) is 0 Å². The zero-order valence-electron chi connectivity index (χ0n) is 8.03. The number of aromatic nitrogens is 2. The van der Waals surface area contributed by atoms with E-state index in [1.165, 1.54) is 0 Å². The molecule has 0 aliphatic rings. The minimum Gasteiger partial charge on any atom is -0.470 e. The second-order valence-electron chi connectivity index (χ2n) is 3.04. The SMILES string of the molecule is FC(F)COc1nnc(Cl)c2ccccc12. The largest absolute Gasteiger partial charge is 0.470 e. The van der Waals surface area contributed by atoms with E-state index in [4.69, 9.17) is 16.3 Å². The molecule has 0 aliphatic heterocycles. The number of ether oxygens (including phenoxy) is 1. The Hall–Kier alpha value is -1.49. The summed E-state index contributed by atoms with van der Waals surface area (Å²) in [5, 5.41) is 8.69. The first-order valence-electron chi connectivity index (χ1n) is 4.50. The molecule has 0 bridgehead atoms. The number of nitrogens with zero attached hydrogens (tertiary/aromatic N) is 2. The standard InChI is InChI=1S/C10H7ClF2N2O/c11-9-6-3-1-2-4-7(6)10(15-14-9)16-5-8(12)13/h1-4,8H,5H2. The molecule has 0 atom stereocenters. The summed E-state index contributed by atoms with van der Waals surface area (Å²) >= 11 is 5.81. The molecular weight excluding hydrogens is 238 g/mol. The molecule has 1 aromatic heterocycles. The number of hydrogen-bond acceptors (Lipinski definition) is 3. The van der Waals surface area contributed by atoms with Gasteiger partial charge in [-0.25, -0.2) is 8.78 Å². The van der Waals surface area contributed by atoms with Gasteiger partial charge < -0.3 is 4.74 Å². The molecule has 2 rings (SSSR count). The van der Waals surface area contributed by atoms with E-state index >= 15 is 0 Å². The summed E-state index contributed by atoms with van der Waals surface area (Å²) in [7, 11) is 0. The summed E-state index contributed by atoms with van der Waals surface area (Å²) in [6.45, 7) is -0.708. The predicted octanol–water partition coefficient (Wildman–Crippen LogP) is 2.93. The van der Waals surface area contributed by atoms with Crippen molar-refractivity contribution >= 4 is 22.4 Å². The molecule has 0 spiro atoms. The van der Waals surface area contributed by atoms with Crippen LogP contribution in [-0.4, -0.2) is 23.2 Å². The molecule has 0 N–H and O–H groups in total. The molecule has 16 heavy (non-hydrogen) atoms. The van der Waals surface area contributed by atoms with Crippen LogP contribution < -0.4 is 4.74 Å². The Morgan fingerprint density at radius 3 is 2.56 bits per heavy atom. The van der Waals surface area contributed by atoms with Crippen LogP contribution in [0.2, 0.25) is 5.15 Å². The lowest BCUT2D eigenvalue weighted by atomic mass is 10.2. The van der Waals surface area contributed by atoms with Gasteiger partial charge in [0.25, 0.3) is 6.43 Å². The Morgan fingerprint density at radius 1 is 1.19 bits per heavy atom. The lowest BCUT2D eigenvalue weighted by molar-refractivity contribution is 0.0800. The van der Waals surface area contributed by atoms with Gasteiger partial charge in [0, 0.05) is 10.8 Å². The summed E-state index contributed by atoms with van der Waals surface area (Å²) in [5.74, 6) is 0.0697. The lowest BCUT2D eigenvalue weighted by Crippen LogP contribution is -2.08. The minimum absolute atomic E-state index is 0.0697. The number of benzene rings is 1. The lowest BCUT2D eigenvalue weighted by Gasteiger charge is -2.07. The third kappa shape index (κ3) is 2.19. The van der Waals surface area contributed by atoms with Crippen LogP contribution in [0.3, 0.4) is 0 Å². The van der Waals surface area contributed by atoms with E-state index in [0.717, 1.165) is 0 Å². The molecule has 3 nitrogen and oxygen atoms in total. The Labute approximate surface area is 95.0 Å². The van der Waals surface area contributed by atoms with E-state index in [0.29, 0.717) is 10.8 Å². The van der Waals surface area contributed by atoms with Crippen molar-refractivity contribution in [2.75, 3.05) is 6.61 Å². The highest BCUT2D eigenvalue weighted by Crippen LogP contribution is 2.27. The van der Waals surface area contributed by atoms with Gasteiger partial charge in [0.1, 0.15) is 0 Å². The zero-order chi connectivity index (χ0) is 11.5. The quantitative estimate of drug-likeness (QED) is 0.833. The van der Waals surface area contributed by atoms with Crippen molar-refractivity contribution in [2.45, 2.75) is 6.43 Å². The maximum Gasteiger partial charge on any atom is 0.272 e. The highest BCUT2D eigenvalue weighted by molar-refractivity contribution is 6.34. The smallest absolute Gasteiger partial charge is 0.272 e. The fraction of sp³-hybridized carbons (Fsp3) is 0.200. The second-order valence-corrected chi connectivity index (χ2v) is 3.40. The minimum atomic E-state index is -2.55. The molecular formula is C10H7ClF2N2O. The molecule has 0 saturated heterocycles. The van der Waals surface area contributed by atoms with Crippen molar-refractivity contribution in [3.63, 3.8) is 0 Å². The third-order valence-electron chi connectivity index (χ3n) is 1.95. The van der Waals surface area contributed by atoms with Crippen LogP contribution in [0.25, 0.3) is 10.8 Å². The summed E-state index contributed by atoms with van der Waals surface area (Å²) in [5.41, 5.74) is 0. The highest BCUT2D eigenvalue weighted by atomic mass is 35.5. The molecule has 1 heterocycles. The average Bonchev–Trinajstić information content (AvgIpc) is 2.28. The first-order chi connectivity index (χ1) is 7.68. The number of rotatable bonds is 3.